The first-order valence-corrected chi connectivity index (χ1v) is 8.16. The molecule has 0 bridgehead atoms. The molecule has 2 aromatic heterocycles. The molecule has 0 unspecified atom stereocenters. The normalized spacial score (nSPS) is 10.5. The van der Waals surface area contributed by atoms with Gasteiger partial charge in [0.2, 0.25) is 5.95 Å². The summed E-state index contributed by atoms with van der Waals surface area (Å²) in [5.41, 5.74) is 2.47. The van der Waals surface area contributed by atoms with Crippen LogP contribution in [0, 0.1) is 0 Å². The molecule has 0 fully saturated rings. The van der Waals surface area contributed by atoms with Gasteiger partial charge < -0.3 is 10.6 Å². The highest BCUT2D eigenvalue weighted by Crippen LogP contribution is 2.29. The highest BCUT2D eigenvalue weighted by atomic mass is 35.5. The molecule has 0 aliphatic carbocycles. The van der Waals surface area contributed by atoms with Crippen LogP contribution in [0.4, 0.5) is 17.5 Å². The molecule has 0 aliphatic rings. The number of benzene rings is 1. The topological polar surface area (TPSA) is 62.7 Å². The lowest BCUT2D eigenvalue weighted by Gasteiger charge is -2.12. The third-order valence-corrected chi connectivity index (χ3v) is 3.78. The van der Waals surface area contributed by atoms with Crippen molar-refractivity contribution in [3.63, 3.8) is 0 Å². The molecule has 2 N–H and O–H groups in total. The standard InChI is InChI=1S/C17H15Cl2N5/c1-2-21-17-23-15(11-5-7-20-8-6-11)10-16(24-17)22-14-4-3-12(18)9-13(14)19/h3-10H,2H2,1H3,(H2,21,22,23,24). The van der Waals surface area contributed by atoms with E-state index in [9.17, 15) is 0 Å². The quantitative estimate of drug-likeness (QED) is 0.669. The van der Waals surface area contributed by atoms with E-state index in [1.54, 1.807) is 24.5 Å². The van der Waals surface area contributed by atoms with Gasteiger partial charge in [0.05, 0.1) is 16.4 Å². The summed E-state index contributed by atoms with van der Waals surface area (Å²) < 4.78 is 0. The van der Waals surface area contributed by atoms with Crippen LogP contribution in [0.25, 0.3) is 11.3 Å². The van der Waals surface area contributed by atoms with E-state index < -0.39 is 0 Å². The van der Waals surface area contributed by atoms with Gasteiger partial charge in [-0.05, 0) is 37.3 Å². The molecule has 0 saturated heterocycles. The molecule has 3 aromatic rings. The molecule has 1 aromatic carbocycles. The molecule has 0 atom stereocenters. The first-order chi connectivity index (χ1) is 11.7. The summed E-state index contributed by atoms with van der Waals surface area (Å²) >= 11 is 12.2. The SMILES string of the molecule is CCNc1nc(Nc2ccc(Cl)cc2Cl)cc(-c2ccncc2)n1. The maximum absolute atomic E-state index is 6.22. The van der Waals surface area contributed by atoms with Crippen LogP contribution < -0.4 is 10.6 Å². The van der Waals surface area contributed by atoms with Crippen molar-refractivity contribution in [2.24, 2.45) is 0 Å². The molecular weight excluding hydrogens is 345 g/mol. The minimum Gasteiger partial charge on any atom is -0.354 e. The number of pyridine rings is 1. The summed E-state index contributed by atoms with van der Waals surface area (Å²) in [5, 5.41) is 7.45. The van der Waals surface area contributed by atoms with E-state index >= 15 is 0 Å². The van der Waals surface area contributed by atoms with Crippen LogP contribution in [0.2, 0.25) is 10.0 Å². The van der Waals surface area contributed by atoms with E-state index in [-0.39, 0.29) is 0 Å². The van der Waals surface area contributed by atoms with Gasteiger partial charge in [0.15, 0.2) is 0 Å². The first kappa shape index (κ1) is 16.5. The van der Waals surface area contributed by atoms with E-state index in [2.05, 4.69) is 25.6 Å². The van der Waals surface area contributed by atoms with Crippen molar-refractivity contribution >= 4 is 40.7 Å². The minimum absolute atomic E-state index is 0.525. The van der Waals surface area contributed by atoms with Gasteiger partial charge in [-0.1, -0.05) is 23.2 Å². The summed E-state index contributed by atoms with van der Waals surface area (Å²) in [5.74, 6) is 1.18. The first-order valence-electron chi connectivity index (χ1n) is 7.41. The molecule has 5 nitrogen and oxygen atoms in total. The van der Waals surface area contributed by atoms with Crippen molar-refractivity contribution < 1.29 is 0 Å². The van der Waals surface area contributed by atoms with Crippen molar-refractivity contribution in [3.8, 4) is 11.3 Å². The predicted molar refractivity (Wildman–Crippen MR) is 99.2 cm³/mol. The summed E-state index contributed by atoms with van der Waals surface area (Å²) in [4.78, 5) is 13.0. The Kier molecular flexibility index (Phi) is 5.13. The van der Waals surface area contributed by atoms with Gasteiger partial charge in [0, 0.05) is 35.6 Å². The number of anilines is 3. The van der Waals surface area contributed by atoms with Crippen LogP contribution in [-0.4, -0.2) is 21.5 Å². The summed E-state index contributed by atoms with van der Waals surface area (Å²) in [6.07, 6.45) is 3.46. The van der Waals surface area contributed by atoms with Gasteiger partial charge in [0.1, 0.15) is 5.82 Å². The highest BCUT2D eigenvalue weighted by molar-refractivity contribution is 6.36. The molecule has 122 valence electrons. The van der Waals surface area contributed by atoms with E-state index in [4.69, 9.17) is 23.2 Å². The zero-order valence-electron chi connectivity index (χ0n) is 12.9. The van der Waals surface area contributed by atoms with E-state index in [0.717, 1.165) is 23.5 Å². The zero-order chi connectivity index (χ0) is 16.9. The number of nitrogens with one attached hydrogen (secondary N) is 2. The fourth-order valence-corrected chi connectivity index (χ4v) is 2.60. The molecular formula is C17H15Cl2N5. The average Bonchev–Trinajstić information content (AvgIpc) is 2.58. The fraction of sp³-hybridized carbons (Fsp3) is 0.118. The van der Waals surface area contributed by atoms with Crippen LogP contribution in [0.5, 0.6) is 0 Å². The number of halogens is 2. The third-order valence-electron chi connectivity index (χ3n) is 3.23. The molecule has 2 heterocycles. The Morgan fingerprint density at radius 3 is 2.50 bits per heavy atom. The Balaban J connectivity index is 1.99. The van der Waals surface area contributed by atoms with Gasteiger partial charge in [-0.25, -0.2) is 4.98 Å². The summed E-state index contributed by atoms with van der Waals surface area (Å²) in [7, 11) is 0. The lowest BCUT2D eigenvalue weighted by Crippen LogP contribution is -2.05. The molecule has 0 amide bonds. The van der Waals surface area contributed by atoms with Gasteiger partial charge in [-0.3, -0.25) is 4.98 Å². The minimum atomic E-state index is 0.525. The van der Waals surface area contributed by atoms with E-state index in [1.165, 1.54) is 0 Å². The van der Waals surface area contributed by atoms with Crippen molar-refractivity contribution in [2.45, 2.75) is 6.92 Å². The average molecular weight is 360 g/mol. The highest BCUT2D eigenvalue weighted by Gasteiger charge is 2.08. The molecule has 0 spiro atoms. The zero-order valence-corrected chi connectivity index (χ0v) is 14.4. The summed E-state index contributed by atoms with van der Waals surface area (Å²) in [6, 6.07) is 10.9. The van der Waals surface area contributed by atoms with E-state index in [1.807, 2.05) is 31.2 Å². The smallest absolute Gasteiger partial charge is 0.225 e. The molecule has 24 heavy (non-hydrogen) atoms. The van der Waals surface area contributed by atoms with Crippen molar-refractivity contribution in [3.05, 3.63) is 58.8 Å². The molecule has 3 rings (SSSR count). The van der Waals surface area contributed by atoms with Crippen LogP contribution in [0.15, 0.2) is 48.8 Å². The van der Waals surface area contributed by atoms with Crippen LogP contribution in [0.3, 0.4) is 0 Å². The third kappa shape index (κ3) is 3.93. The van der Waals surface area contributed by atoms with Gasteiger partial charge in [0.25, 0.3) is 0 Å². The Bertz CT molecular complexity index is 840. The number of hydrogen-bond donors (Lipinski definition) is 2. The second-order valence-electron chi connectivity index (χ2n) is 4.98. The van der Waals surface area contributed by atoms with Crippen LogP contribution in [-0.2, 0) is 0 Å². The predicted octanol–water partition coefficient (Wildman–Crippen LogP) is 5.02. The van der Waals surface area contributed by atoms with Gasteiger partial charge in [-0.15, -0.1) is 0 Å². The van der Waals surface area contributed by atoms with Crippen LogP contribution >= 0.6 is 23.2 Å². The number of nitrogens with zero attached hydrogens (tertiary/aromatic N) is 3. The largest absolute Gasteiger partial charge is 0.354 e. The second-order valence-corrected chi connectivity index (χ2v) is 5.82. The monoisotopic (exact) mass is 359 g/mol. The maximum Gasteiger partial charge on any atom is 0.225 e. The molecule has 0 saturated carbocycles. The van der Waals surface area contributed by atoms with Crippen molar-refractivity contribution in [1.82, 2.24) is 15.0 Å². The van der Waals surface area contributed by atoms with Crippen LogP contribution in [0.1, 0.15) is 6.92 Å². The number of aromatic nitrogens is 3. The second kappa shape index (κ2) is 7.47. The molecule has 7 heteroatoms. The van der Waals surface area contributed by atoms with Gasteiger partial charge >= 0.3 is 0 Å². The van der Waals surface area contributed by atoms with E-state index in [0.29, 0.717) is 21.8 Å². The van der Waals surface area contributed by atoms with Crippen molar-refractivity contribution in [1.29, 1.82) is 0 Å². The van der Waals surface area contributed by atoms with Gasteiger partial charge in [-0.2, -0.15) is 4.98 Å². The lowest BCUT2D eigenvalue weighted by molar-refractivity contribution is 1.09. The number of hydrogen-bond acceptors (Lipinski definition) is 5. The lowest BCUT2D eigenvalue weighted by atomic mass is 10.2. The Labute approximate surface area is 150 Å². The molecule has 0 aliphatic heterocycles. The fourth-order valence-electron chi connectivity index (χ4n) is 2.15. The summed E-state index contributed by atoms with van der Waals surface area (Å²) in [6.45, 7) is 2.71. The van der Waals surface area contributed by atoms with Crippen molar-refractivity contribution in [2.75, 3.05) is 17.2 Å². The maximum atomic E-state index is 6.22. The Morgan fingerprint density at radius 1 is 1.00 bits per heavy atom. The molecule has 0 radical (unpaired) electrons. The number of rotatable bonds is 5. The Morgan fingerprint density at radius 2 is 1.79 bits per heavy atom. The Hall–Kier alpha value is -2.37.